The summed E-state index contributed by atoms with van der Waals surface area (Å²) >= 11 is 0. The predicted octanol–water partition coefficient (Wildman–Crippen LogP) is 2.86. The molecule has 0 unspecified atom stereocenters. The lowest BCUT2D eigenvalue weighted by molar-refractivity contribution is -0.133. The van der Waals surface area contributed by atoms with Gasteiger partial charge in [-0.2, -0.15) is 0 Å². The molecule has 2 aromatic carbocycles. The van der Waals surface area contributed by atoms with E-state index in [0.717, 1.165) is 11.1 Å². The number of nitrogens with one attached hydrogen (secondary N) is 3. The molecule has 0 radical (unpaired) electrons. The van der Waals surface area contributed by atoms with Crippen LogP contribution in [0.2, 0.25) is 0 Å². The zero-order valence-electron chi connectivity index (χ0n) is 37.3. The number of amides is 4. The second-order valence-electron chi connectivity index (χ2n) is 16.4. The highest BCUT2D eigenvalue weighted by Crippen LogP contribution is 2.28. The molecule has 342 valence electrons. The van der Waals surface area contributed by atoms with Crippen LogP contribution in [0.15, 0.2) is 69.7 Å². The van der Waals surface area contributed by atoms with Gasteiger partial charge in [-0.25, -0.2) is 0 Å². The second kappa shape index (κ2) is 25.2. The van der Waals surface area contributed by atoms with Gasteiger partial charge in [0.15, 0.2) is 23.3 Å². The Morgan fingerprint density at radius 1 is 0.746 bits per heavy atom. The molecule has 0 saturated carbocycles. The largest absolute Gasteiger partial charge is 0.508 e. The Labute approximate surface area is 370 Å². The molecule has 1 aliphatic carbocycles. The van der Waals surface area contributed by atoms with Crippen LogP contribution in [0.1, 0.15) is 107 Å². The van der Waals surface area contributed by atoms with E-state index < -0.39 is 47.5 Å². The van der Waals surface area contributed by atoms with E-state index in [1.54, 1.807) is 46.8 Å². The molecule has 0 heterocycles. The van der Waals surface area contributed by atoms with Gasteiger partial charge in [0.1, 0.15) is 11.8 Å². The van der Waals surface area contributed by atoms with Crippen molar-refractivity contribution in [3.63, 3.8) is 0 Å². The number of phenols is 1. The van der Waals surface area contributed by atoms with Gasteiger partial charge >= 0.3 is 0 Å². The highest BCUT2D eigenvalue weighted by atomic mass is 16.3. The lowest BCUT2D eigenvalue weighted by Gasteiger charge is -2.25. The molecular weight excluding hydrogens is 805 g/mol. The molecule has 0 fully saturated rings. The Kier molecular flexibility index (Phi) is 20.5. The number of primary amides is 1. The zero-order chi connectivity index (χ0) is 46.8. The first-order valence-corrected chi connectivity index (χ1v) is 21.6. The van der Waals surface area contributed by atoms with Crippen LogP contribution in [0.4, 0.5) is 0 Å². The lowest BCUT2D eigenvalue weighted by Crippen LogP contribution is -2.51. The Hall–Kier alpha value is -6.00. The van der Waals surface area contributed by atoms with Crippen LogP contribution in [-0.2, 0) is 46.4 Å². The van der Waals surface area contributed by atoms with Gasteiger partial charge in [-0.3, -0.25) is 43.9 Å². The Morgan fingerprint density at radius 2 is 1.38 bits per heavy atom. The van der Waals surface area contributed by atoms with E-state index in [4.69, 9.17) is 22.9 Å². The number of aryl methyl sites for hydroxylation is 2. The number of nitrogens with two attached hydrogens (primary N) is 4. The summed E-state index contributed by atoms with van der Waals surface area (Å²) in [6, 6.07) is 9.07. The van der Waals surface area contributed by atoms with E-state index in [9.17, 15) is 38.7 Å². The normalized spacial score (nSPS) is 15.1. The van der Waals surface area contributed by atoms with Crippen molar-refractivity contribution in [1.29, 1.82) is 0 Å². The minimum atomic E-state index is -1.09. The summed E-state index contributed by atoms with van der Waals surface area (Å²) in [7, 11) is 0. The van der Waals surface area contributed by atoms with Crippen molar-refractivity contribution in [3.05, 3.63) is 87.0 Å². The fraction of sp³-hybridized carbons (Fsp3) is 0.489. The fourth-order valence-electron chi connectivity index (χ4n) is 7.56. The SMILES string of the molecule is CC1=C(C)C(=O)C(CCCCC(=O)NC(N)=NCCC[C@@H](N)C(=O)N[C@@H](Cc2c(C)cc(O)cc2C)C(=O)C[C@@H](CCCCN)C(=O)N[C@@H](Cc2ccccc2)C(N)=O)=C(C)C1=O. The maximum absolute atomic E-state index is 14.2. The zero-order valence-corrected chi connectivity index (χ0v) is 37.3. The molecule has 3 rings (SSSR count). The number of ketones is 3. The Morgan fingerprint density at radius 3 is 2.02 bits per heavy atom. The van der Waals surface area contributed by atoms with E-state index in [2.05, 4.69) is 20.9 Å². The monoisotopic (exact) mass is 871 g/mol. The molecule has 2 aromatic rings. The molecule has 4 amide bonds. The summed E-state index contributed by atoms with van der Waals surface area (Å²) in [6.45, 7) is 9.05. The third-order valence-corrected chi connectivity index (χ3v) is 11.5. The first-order chi connectivity index (χ1) is 29.8. The van der Waals surface area contributed by atoms with Crippen LogP contribution in [0, 0.1) is 19.8 Å². The molecule has 0 spiro atoms. The predicted molar refractivity (Wildman–Crippen MR) is 242 cm³/mol. The van der Waals surface area contributed by atoms with Gasteiger partial charge in [0.2, 0.25) is 23.6 Å². The second-order valence-corrected chi connectivity index (χ2v) is 16.4. The van der Waals surface area contributed by atoms with Gasteiger partial charge in [0.25, 0.3) is 0 Å². The number of allylic oxidation sites excluding steroid dienone is 4. The number of hydrogen-bond acceptors (Lipinski definition) is 11. The maximum atomic E-state index is 14.2. The minimum Gasteiger partial charge on any atom is -0.508 e. The number of phenolic OH excluding ortho intramolecular Hbond substituents is 1. The van der Waals surface area contributed by atoms with Crippen LogP contribution in [0.3, 0.4) is 0 Å². The Bertz CT molecular complexity index is 2070. The van der Waals surface area contributed by atoms with Gasteiger partial charge in [-0.15, -0.1) is 0 Å². The third-order valence-electron chi connectivity index (χ3n) is 11.5. The molecule has 16 nitrogen and oxygen atoms in total. The van der Waals surface area contributed by atoms with Crippen molar-refractivity contribution in [2.45, 2.75) is 130 Å². The van der Waals surface area contributed by atoms with Crippen LogP contribution >= 0.6 is 0 Å². The van der Waals surface area contributed by atoms with Gasteiger partial charge in [0.05, 0.1) is 12.1 Å². The molecular formula is C47H66N8O8. The molecule has 0 aromatic heterocycles. The highest BCUT2D eigenvalue weighted by molar-refractivity contribution is 6.24. The van der Waals surface area contributed by atoms with Crippen molar-refractivity contribution < 1.29 is 38.7 Å². The molecule has 0 saturated heterocycles. The molecule has 1 aliphatic rings. The smallest absolute Gasteiger partial charge is 0.240 e. The number of unbranched alkanes of at least 4 members (excludes halogenated alkanes) is 2. The van der Waals surface area contributed by atoms with Crippen molar-refractivity contribution >= 4 is 46.9 Å². The lowest BCUT2D eigenvalue weighted by atomic mass is 9.84. The average Bonchev–Trinajstić information content (AvgIpc) is 3.23. The number of guanidine groups is 1. The minimum absolute atomic E-state index is 0.0567. The first-order valence-electron chi connectivity index (χ1n) is 21.6. The van der Waals surface area contributed by atoms with Crippen LogP contribution in [-0.4, -0.2) is 83.3 Å². The summed E-state index contributed by atoms with van der Waals surface area (Å²) in [5, 5.41) is 18.3. The van der Waals surface area contributed by atoms with Crippen LogP contribution in [0.5, 0.6) is 5.75 Å². The summed E-state index contributed by atoms with van der Waals surface area (Å²) in [5.41, 5.74) is 28.4. The quantitative estimate of drug-likeness (QED) is 0.0311. The van der Waals surface area contributed by atoms with Crippen molar-refractivity contribution in [1.82, 2.24) is 16.0 Å². The average molecular weight is 871 g/mol. The summed E-state index contributed by atoms with van der Waals surface area (Å²) in [4.78, 5) is 95.7. The van der Waals surface area contributed by atoms with E-state index in [0.29, 0.717) is 84.9 Å². The maximum Gasteiger partial charge on any atom is 0.240 e. The number of Topliss-reactive ketones (excluding diaryl/α,β-unsaturated/α-hetero) is 3. The standard InChI is InChI=1S/C47H66N8O8/c1-27-22-34(56)23-28(2)36(27)26-38(40(57)25-33(16-11-12-20-48)45(62)54-39(44(50)61)24-32-14-7-6-8-15-32)53-46(63)37(49)18-13-21-52-47(51)55-41(58)19-10-9-17-35-31(5)42(59)29(3)30(4)43(35)60/h6-8,14-15,22-23,33,37-39,56H,9-13,16-21,24-26,48-49H2,1-5H3,(H2,50,61)(H,53,63)(H,54,62)(H3,51,52,55,58)/t33-,37-,38+,39+/m1/s1. The van der Waals surface area contributed by atoms with Crippen LogP contribution < -0.4 is 38.9 Å². The molecule has 12 N–H and O–H groups in total. The van der Waals surface area contributed by atoms with E-state index in [1.807, 2.05) is 30.3 Å². The fourth-order valence-corrected chi connectivity index (χ4v) is 7.56. The molecule has 0 aliphatic heterocycles. The summed E-state index contributed by atoms with van der Waals surface area (Å²) in [6.07, 6.45) is 3.43. The number of aliphatic imine (C=N–C) groups is 1. The van der Waals surface area contributed by atoms with Crippen molar-refractivity contribution in [3.8, 4) is 5.75 Å². The van der Waals surface area contributed by atoms with E-state index in [-0.39, 0.29) is 67.8 Å². The Balaban J connectivity index is 1.62. The number of carbonyl (C=O) groups excluding carboxylic acids is 7. The third kappa shape index (κ3) is 16.0. The number of rotatable bonds is 25. The van der Waals surface area contributed by atoms with Gasteiger partial charge in [0, 0.05) is 60.4 Å². The van der Waals surface area contributed by atoms with E-state index in [1.165, 1.54) is 0 Å². The van der Waals surface area contributed by atoms with Gasteiger partial charge in [-0.05, 0) is 120 Å². The number of benzene rings is 2. The van der Waals surface area contributed by atoms with Crippen molar-refractivity contribution in [2.24, 2.45) is 33.8 Å². The van der Waals surface area contributed by atoms with Gasteiger partial charge in [-0.1, -0.05) is 36.8 Å². The molecule has 16 heteroatoms. The molecule has 4 atom stereocenters. The van der Waals surface area contributed by atoms with Crippen LogP contribution in [0.25, 0.3) is 0 Å². The number of carbonyl (C=O) groups is 7. The molecule has 0 bridgehead atoms. The number of aromatic hydroxyl groups is 1. The summed E-state index contributed by atoms with van der Waals surface area (Å²) in [5.74, 6) is -3.77. The number of nitrogens with zero attached hydrogens (tertiary/aromatic N) is 1. The first kappa shape index (κ1) is 51.4. The highest BCUT2D eigenvalue weighted by Gasteiger charge is 2.32. The van der Waals surface area contributed by atoms with Gasteiger partial charge < -0.3 is 38.7 Å². The van der Waals surface area contributed by atoms with E-state index >= 15 is 0 Å². The van der Waals surface area contributed by atoms with Crippen molar-refractivity contribution in [2.75, 3.05) is 13.1 Å². The number of hydrogen-bond donors (Lipinski definition) is 8. The molecule has 63 heavy (non-hydrogen) atoms. The summed E-state index contributed by atoms with van der Waals surface area (Å²) < 4.78 is 0. The topological polar surface area (TPSA) is 292 Å².